The third-order valence-corrected chi connectivity index (χ3v) is 5.50. The van der Waals surface area contributed by atoms with E-state index in [2.05, 4.69) is 15.5 Å². The van der Waals surface area contributed by atoms with Crippen molar-refractivity contribution in [1.29, 1.82) is 0 Å². The Bertz CT molecular complexity index is 652. The van der Waals surface area contributed by atoms with Crippen molar-refractivity contribution in [2.24, 2.45) is 4.99 Å². The summed E-state index contributed by atoms with van der Waals surface area (Å²) in [7, 11) is -2.95. The van der Waals surface area contributed by atoms with Gasteiger partial charge in [-0.3, -0.25) is 9.89 Å². The molecule has 7 nitrogen and oxygen atoms in total. The van der Waals surface area contributed by atoms with Crippen LogP contribution in [0.15, 0.2) is 27.8 Å². The van der Waals surface area contributed by atoms with Crippen LogP contribution in [0.4, 0.5) is 0 Å². The zero-order chi connectivity index (χ0) is 19.0. The molecule has 2 unspecified atom stereocenters. The quantitative estimate of drug-likeness (QED) is 0.499. The number of nitrogens with zero attached hydrogens (tertiary/aromatic N) is 2. The summed E-state index contributed by atoms with van der Waals surface area (Å²) >= 11 is 0. The van der Waals surface area contributed by atoms with Gasteiger partial charge in [-0.25, -0.2) is 8.42 Å². The van der Waals surface area contributed by atoms with Crippen LogP contribution in [0.25, 0.3) is 0 Å². The Hall–Kier alpha value is -1.54. The molecule has 0 aliphatic carbocycles. The highest BCUT2D eigenvalue weighted by Crippen LogP contribution is 2.25. The van der Waals surface area contributed by atoms with Gasteiger partial charge in [0.15, 0.2) is 5.96 Å². The fourth-order valence-electron chi connectivity index (χ4n) is 3.11. The molecular weight excluding hydrogens is 352 g/mol. The Balaban J connectivity index is 2.00. The number of sulfone groups is 1. The average molecular weight is 385 g/mol. The van der Waals surface area contributed by atoms with Gasteiger partial charge in [0.25, 0.3) is 0 Å². The first kappa shape index (κ1) is 20.8. The summed E-state index contributed by atoms with van der Waals surface area (Å²) in [5.74, 6) is 1.82. The maximum absolute atomic E-state index is 11.4. The van der Waals surface area contributed by atoms with Crippen molar-refractivity contribution in [1.82, 2.24) is 15.5 Å². The van der Waals surface area contributed by atoms with Crippen LogP contribution >= 0.6 is 0 Å². The number of rotatable bonds is 9. The molecule has 2 heterocycles. The van der Waals surface area contributed by atoms with Gasteiger partial charge in [-0.2, -0.15) is 0 Å². The van der Waals surface area contributed by atoms with E-state index in [0.29, 0.717) is 18.9 Å². The molecule has 1 aliphatic rings. The molecule has 0 spiro atoms. The van der Waals surface area contributed by atoms with Gasteiger partial charge in [0, 0.05) is 18.8 Å². The highest BCUT2D eigenvalue weighted by molar-refractivity contribution is 7.90. The molecule has 2 atom stereocenters. The van der Waals surface area contributed by atoms with E-state index in [4.69, 9.17) is 9.41 Å². The first-order valence-corrected chi connectivity index (χ1v) is 11.4. The van der Waals surface area contributed by atoms with Crippen molar-refractivity contribution in [2.45, 2.75) is 45.2 Å². The van der Waals surface area contributed by atoms with E-state index in [1.54, 1.807) is 6.26 Å². The van der Waals surface area contributed by atoms with E-state index in [1.807, 2.05) is 26.0 Å². The second kappa shape index (κ2) is 9.97. The molecule has 0 amide bonds. The standard InChI is InChI=1S/C18H32N4O3S/c1-4-19-18(21-15(2)9-13-26(3,23)24)20-14-16(17-8-7-12-25-17)22-10-5-6-11-22/h7-8,12,15-16H,4-6,9-11,13-14H2,1-3H3,(H2,19,20,21). The van der Waals surface area contributed by atoms with Crippen LogP contribution in [0.1, 0.15) is 44.9 Å². The van der Waals surface area contributed by atoms with Crippen molar-refractivity contribution in [2.75, 3.05) is 38.2 Å². The van der Waals surface area contributed by atoms with Gasteiger partial charge >= 0.3 is 0 Å². The van der Waals surface area contributed by atoms with E-state index in [0.717, 1.165) is 25.4 Å². The molecule has 2 N–H and O–H groups in total. The van der Waals surface area contributed by atoms with Crippen molar-refractivity contribution >= 4 is 15.8 Å². The average Bonchev–Trinajstić information content (AvgIpc) is 3.27. The first-order chi connectivity index (χ1) is 12.4. The molecule has 0 aromatic carbocycles. The van der Waals surface area contributed by atoms with Crippen LogP contribution in [0, 0.1) is 0 Å². The second-order valence-electron chi connectivity index (χ2n) is 6.96. The highest BCUT2D eigenvalue weighted by atomic mass is 32.2. The molecule has 148 valence electrons. The maximum Gasteiger partial charge on any atom is 0.191 e. The minimum Gasteiger partial charge on any atom is -0.468 e. The smallest absolute Gasteiger partial charge is 0.191 e. The summed E-state index contributed by atoms with van der Waals surface area (Å²) < 4.78 is 28.3. The lowest BCUT2D eigenvalue weighted by Crippen LogP contribution is -2.43. The van der Waals surface area contributed by atoms with Crippen molar-refractivity contribution in [3.8, 4) is 0 Å². The van der Waals surface area contributed by atoms with Crippen molar-refractivity contribution in [3.63, 3.8) is 0 Å². The van der Waals surface area contributed by atoms with Gasteiger partial charge < -0.3 is 15.1 Å². The van der Waals surface area contributed by atoms with Crippen LogP contribution in [-0.2, 0) is 9.84 Å². The largest absolute Gasteiger partial charge is 0.468 e. The van der Waals surface area contributed by atoms with Crippen LogP contribution in [-0.4, -0.2) is 63.5 Å². The molecule has 0 bridgehead atoms. The van der Waals surface area contributed by atoms with Crippen molar-refractivity contribution < 1.29 is 12.8 Å². The Morgan fingerprint density at radius 2 is 2.12 bits per heavy atom. The predicted molar refractivity (Wildman–Crippen MR) is 105 cm³/mol. The summed E-state index contributed by atoms with van der Waals surface area (Å²) in [6, 6.07) is 4.08. The Labute approximate surface area is 157 Å². The molecule has 0 radical (unpaired) electrons. The summed E-state index contributed by atoms with van der Waals surface area (Å²) in [6.45, 7) is 7.47. The van der Waals surface area contributed by atoms with Crippen LogP contribution < -0.4 is 10.6 Å². The van der Waals surface area contributed by atoms with Crippen LogP contribution in [0.2, 0.25) is 0 Å². The lowest BCUT2D eigenvalue weighted by Gasteiger charge is -2.25. The van der Waals surface area contributed by atoms with Gasteiger partial charge in [0.1, 0.15) is 15.6 Å². The van der Waals surface area contributed by atoms with E-state index in [-0.39, 0.29) is 17.8 Å². The summed E-state index contributed by atoms with van der Waals surface area (Å²) in [6.07, 6.45) is 5.95. The summed E-state index contributed by atoms with van der Waals surface area (Å²) in [5.41, 5.74) is 0. The predicted octanol–water partition coefficient (Wildman–Crippen LogP) is 1.79. The molecule has 0 saturated carbocycles. The zero-order valence-corrected chi connectivity index (χ0v) is 16.9. The molecule has 2 rings (SSSR count). The van der Waals surface area contributed by atoms with Gasteiger partial charge in [0.2, 0.25) is 0 Å². The van der Waals surface area contributed by atoms with Gasteiger partial charge in [-0.15, -0.1) is 0 Å². The van der Waals surface area contributed by atoms with Crippen molar-refractivity contribution in [3.05, 3.63) is 24.2 Å². The highest BCUT2D eigenvalue weighted by Gasteiger charge is 2.25. The second-order valence-corrected chi connectivity index (χ2v) is 9.22. The van der Waals surface area contributed by atoms with Gasteiger partial charge in [-0.1, -0.05) is 0 Å². The number of aliphatic imine (C=N–C) groups is 1. The molecule has 1 fully saturated rings. The molecule has 1 aromatic rings. The van der Waals surface area contributed by atoms with E-state index in [1.165, 1.54) is 19.1 Å². The molecule has 1 saturated heterocycles. The molecule has 26 heavy (non-hydrogen) atoms. The van der Waals surface area contributed by atoms with Gasteiger partial charge in [0.05, 0.1) is 24.6 Å². The number of hydrogen-bond donors (Lipinski definition) is 2. The molecule has 8 heteroatoms. The number of likely N-dealkylation sites (tertiary alicyclic amines) is 1. The zero-order valence-electron chi connectivity index (χ0n) is 16.1. The fraction of sp³-hybridized carbons (Fsp3) is 0.722. The SMILES string of the molecule is CCNC(=NCC(c1ccco1)N1CCCC1)NC(C)CCS(C)(=O)=O. The minimum atomic E-state index is -2.95. The number of hydrogen-bond acceptors (Lipinski definition) is 5. The number of guanidine groups is 1. The monoisotopic (exact) mass is 384 g/mol. The molecular formula is C18H32N4O3S. The number of nitrogens with one attached hydrogen (secondary N) is 2. The van der Waals surface area contributed by atoms with E-state index < -0.39 is 9.84 Å². The number of furan rings is 1. The Kier molecular flexibility index (Phi) is 7.96. The Morgan fingerprint density at radius 3 is 2.69 bits per heavy atom. The normalized spacial score (nSPS) is 18.7. The topological polar surface area (TPSA) is 86.9 Å². The minimum absolute atomic E-state index is 0.0244. The lowest BCUT2D eigenvalue weighted by molar-refractivity contribution is 0.221. The molecule has 1 aliphatic heterocycles. The first-order valence-electron chi connectivity index (χ1n) is 9.39. The summed E-state index contributed by atoms with van der Waals surface area (Å²) in [4.78, 5) is 7.16. The van der Waals surface area contributed by atoms with E-state index in [9.17, 15) is 8.42 Å². The third-order valence-electron chi connectivity index (χ3n) is 4.52. The van der Waals surface area contributed by atoms with Crippen LogP contribution in [0.3, 0.4) is 0 Å². The lowest BCUT2D eigenvalue weighted by atomic mass is 10.2. The van der Waals surface area contributed by atoms with Crippen LogP contribution in [0.5, 0.6) is 0 Å². The molecule has 1 aromatic heterocycles. The fourth-order valence-corrected chi connectivity index (χ4v) is 3.90. The van der Waals surface area contributed by atoms with E-state index >= 15 is 0 Å². The van der Waals surface area contributed by atoms with Gasteiger partial charge in [-0.05, 0) is 58.3 Å². The third kappa shape index (κ3) is 6.99. The summed E-state index contributed by atoms with van der Waals surface area (Å²) in [5, 5.41) is 6.55. The maximum atomic E-state index is 11.4. The Morgan fingerprint density at radius 1 is 1.38 bits per heavy atom.